The van der Waals surface area contributed by atoms with E-state index >= 15 is 0 Å². The zero-order chi connectivity index (χ0) is 18.2. The van der Waals surface area contributed by atoms with Crippen LogP contribution in [0.15, 0.2) is 53.4 Å². The topological polar surface area (TPSA) is 41.6 Å². The number of hydrogen-bond acceptors (Lipinski definition) is 4. The first-order valence-electron chi connectivity index (χ1n) is 8.26. The van der Waals surface area contributed by atoms with Gasteiger partial charge in [0.05, 0.1) is 18.9 Å². The number of ether oxygens (including phenoxy) is 1. The Hall–Kier alpha value is -1.98. The van der Waals surface area contributed by atoms with Gasteiger partial charge in [0, 0.05) is 11.4 Å². The van der Waals surface area contributed by atoms with Crippen molar-refractivity contribution in [1.29, 1.82) is 0 Å². The Morgan fingerprint density at radius 3 is 2.44 bits per heavy atom. The summed E-state index contributed by atoms with van der Waals surface area (Å²) in [6.45, 7) is 2.64. The van der Waals surface area contributed by atoms with Crippen molar-refractivity contribution in [3.8, 4) is 5.75 Å². The lowest BCUT2D eigenvalue weighted by Gasteiger charge is -2.25. The van der Waals surface area contributed by atoms with Gasteiger partial charge in [-0.05, 0) is 50.3 Å². The lowest BCUT2D eigenvalue weighted by molar-refractivity contribution is -0.118. The highest BCUT2D eigenvalue weighted by molar-refractivity contribution is 8.00. The van der Waals surface area contributed by atoms with Crippen LogP contribution in [0.2, 0.25) is 0 Å². The predicted molar refractivity (Wildman–Crippen MR) is 104 cm³/mol. The molecular weight excluding hydrogens is 332 g/mol. The molecule has 0 fully saturated rings. The van der Waals surface area contributed by atoms with Crippen LogP contribution in [0.4, 0.5) is 0 Å². The number of hydrogen-bond donors (Lipinski definition) is 1. The molecule has 0 aliphatic carbocycles. The molecule has 0 heterocycles. The standard InChI is InChI=1S/C20H26N2O2S/c1-15-7-5-6-8-19(15)25-14-20(23)21-13-18(22(2)3)16-9-11-17(24-4)12-10-16/h5-12,18H,13-14H2,1-4H3,(H,21,23)/t18-/m0/s1. The second-order valence-electron chi connectivity index (χ2n) is 6.11. The van der Waals surface area contributed by atoms with Crippen molar-refractivity contribution in [2.24, 2.45) is 0 Å². The molecule has 4 nitrogen and oxygen atoms in total. The highest BCUT2D eigenvalue weighted by Crippen LogP contribution is 2.22. The van der Waals surface area contributed by atoms with Crippen molar-refractivity contribution >= 4 is 17.7 Å². The van der Waals surface area contributed by atoms with E-state index in [0.717, 1.165) is 16.2 Å². The summed E-state index contributed by atoms with van der Waals surface area (Å²) in [4.78, 5) is 15.5. The molecular formula is C20H26N2O2S. The van der Waals surface area contributed by atoms with Gasteiger partial charge in [-0.25, -0.2) is 0 Å². The largest absolute Gasteiger partial charge is 0.497 e. The van der Waals surface area contributed by atoms with Crippen molar-refractivity contribution < 1.29 is 9.53 Å². The average molecular weight is 359 g/mol. The van der Waals surface area contributed by atoms with E-state index in [4.69, 9.17) is 4.74 Å². The third kappa shape index (κ3) is 5.80. The Labute approximate surface area is 154 Å². The second-order valence-corrected chi connectivity index (χ2v) is 7.13. The van der Waals surface area contributed by atoms with Crippen LogP contribution in [0.25, 0.3) is 0 Å². The van der Waals surface area contributed by atoms with Crippen LogP contribution in [-0.4, -0.2) is 44.3 Å². The molecule has 0 aromatic heterocycles. The van der Waals surface area contributed by atoms with Crippen LogP contribution in [0.5, 0.6) is 5.75 Å². The lowest BCUT2D eigenvalue weighted by atomic mass is 10.1. The highest BCUT2D eigenvalue weighted by Gasteiger charge is 2.15. The minimum Gasteiger partial charge on any atom is -0.497 e. The van der Waals surface area contributed by atoms with E-state index in [0.29, 0.717) is 12.3 Å². The third-order valence-electron chi connectivity index (χ3n) is 4.07. The highest BCUT2D eigenvalue weighted by atomic mass is 32.2. The van der Waals surface area contributed by atoms with Crippen molar-refractivity contribution in [1.82, 2.24) is 10.2 Å². The van der Waals surface area contributed by atoms with Gasteiger partial charge in [0.2, 0.25) is 5.91 Å². The smallest absolute Gasteiger partial charge is 0.230 e. The van der Waals surface area contributed by atoms with Crippen LogP contribution in [-0.2, 0) is 4.79 Å². The van der Waals surface area contributed by atoms with Crippen LogP contribution >= 0.6 is 11.8 Å². The van der Waals surface area contributed by atoms with Gasteiger partial charge in [-0.3, -0.25) is 4.79 Å². The molecule has 134 valence electrons. The molecule has 0 saturated carbocycles. The fourth-order valence-electron chi connectivity index (χ4n) is 2.55. The third-order valence-corrected chi connectivity index (χ3v) is 5.24. The fourth-order valence-corrected chi connectivity index (χ4v) is 3.41. The quantitative estimate of drug-likeness (QED) is 0.733. The molecule has 0 radical (unpaired) electrons. The number of benzene rings is 2. The number of nitrogens with one attached hydrogen (secondary N) is 1. The Kier molecular flexibility index (Phi) is 7.34. The number of rotatable bonds is 8. The molecule has 0 saturated heterocycles. The Balaban J connectivity index is 1.89. The van der Waals surface area contributed by atoms with Crippen molar-refractivity contribution in [3.63, 3.8) is 0 Å². The van der Waals surface area contributed by atoms with Gasteiger partial charge >= 0.3 is 0 Å². The van der Waals surface area contributed by atoms with Crippen LogP contribution in [0, 0.1) is 6.92 Å². The molecule has 1 N–H and O–H groups in total. The molecule has 0 aliphatic rings. The molecule has 25 heavy (non-hydrogen) atoms. The minimum absolute atomic E-state index is 0.0496. The molecule has 1 atom stereocenters. The van der Waals surface area contributed by atoms with Gasteiger partial charge in [-0.15, -0.1) is 11.8 Å². The number of methoxy groups -OCH3 is 1. The van der Waals surface area contributed by atoms with E-state index in [1.165, 1.54) is 5.56 Å². The first-order chi connectivity index (χ1) is 12.0. The van der Waals surface area contributed by atoms with E-state index in [-0.39, 0.29) is 11.9 Å². The molecule has 2 aromatic carbocycles. The summed E-state index contributed by atoms with van der Waals surface area (Å²) in [6, 6.07) is 16.2. The summed E-state index contributed by atoms with van der Waals surface area (Å²) in [7, 11) is 5.69. The summed E-state index contributed by atoms with van der Waals surface area (Å²) in [5, 5.41) is 3.05. The zero-order valence-electron chi connectivity index (χ0n) is 15.3. The Morgan fingerprint density at radius 1 is 1.16 bits per heavy atom. The number of thioether (sulfide) groups is 1. The maximum Gasteiger partial charge on any atom is 0.230 e. The summed E-state index contributed by atoms with van der Waals surface area (Å²) < 4.78 is 5.21. The Bertz CT molecular complexity index is 686. The van der Waals surface area contributed by atoms with E-state index in [9.17, 15) is 4.79 Å². The molecule has 0 bridgehead atoms. The first kappa shape index (κ1) is 19.3. The number of amides is 1. The van der Waals surface area contributed by atoms with E-state index in [1.54, 1.807) is 18.9 Å². The molecule has 0 aliphatic heterocycles. The minimum atomic E-state index is 0.0496. The normalized spacial score (nSPS) is 12.0. The van der Waals surface area contributed by atoms with Gasteiger partial charge in [-0.1, -0.05) is 30.3 Å². The summed E-state index contributed by atoms with van der Waals surface area (Å²) in [5.74, 6) is 1.31. The van der Waals surface area contributed by atoms with Crippen molar-refractivity contribution in [3.05, 3.63) is 59.7 Å². The predicted octanol–water partition coefficient (Wildman–Crippen LogP) is 3.51. The van der Waals surface area contributed by atoms with E-state index in [1.807, 2.05) is 56.6 Å². The van der Waals surface area contributed by atoms with Crippen molar-refractivity contribution in [2.75, 3.05) is 33.5 Å². The molecule has 2 rings (SSSR count). The lowest BCUT2D eigenvalue weighted by Crippen LogP contribution is -2.35. The van der Waals surface area contributed by atoms with Gasteiger partial charge in [-0.2, -0.15) is 0 Å². The zero-order valence-corrected chi connectivity index (χ0v) is 16.1. The Morgan fingerprint density at radius 2 is 1.84 bits per heavy atom. The monoisotopic (exact) mass is 358 g/mol. The van der Waals surface area contributed by atoms with Crippen LogP contribution in [0.3, 0.4) is 0 Å². The first-order valence-corrected chi connectivity index (χ1v) is 9.25. The van der Waals surface area contributed by atoms with E-state index in [2.05, 4.69) is 23.2 Å². The van der Waals surface area contributed by atoms with Gasteiger partial charge in [0.1, 0.15) is 5.75 Å². The molecule has 0 spiro atoms. The maximum atomic E-state index is 12.2. The number of aryl methyl sites for hydroxylation is 1. The number of carbonyl (C=O) groups excluding carboxylic acids is 1. The van der Waals surface area contributed by atoms with Crippen LogP contribution in [0.1, 0.15) is 17.2 Å². The fraction of sp³-hybridized carbons (Fsp3) is 0.350. The summed E-state index contributed by atoms with van der Waals surface area (Å²) >= 11 is 1.57. The number of nitrogens with zero attached hydrogens (tertiary/aromatic N) is 1. The molecule has 5 heteroatoms. The molecule has 2 aromatic rings. The van der Waals surface area contributed by atoms with Crippen LogP contribution < -0.4 is 10.1 Å². The SMILES string of the molecule is COc1ccc([C@H](CNC(=O)CSc2ccccc2C)N(C)C)cc1. The van der Waals surface area contributed by atoms with Crippen molar-refractivity contribution in [2.45, 2.75) is 17.9 Å². The summed E-state index contributed by atoms with van der Waals surface area (Å²) in [5.41, 5.74) is 2.35. The van der Waals surface area contributed by atoms with Gasteiger partial charge in [0.15, 0.2) is 0 Å². The number of likely N-dealkylation sites (N-methyl/N-ethyl adjacent to an activating group) is 1. The summed E-state index contributed by atoms with van der Waals surface area (Å²) in [6.07, 6.45) is 0. The maximum absolute atomic E-state index is 12.2. The average Bonchev–Trinajstić information content (AvgIpc) is 2.61. The second kappa shape index (κ2) is 9.49. The number of carbonyl (C=O) groups is 1. The van der Waals surface area contributed by atoms with Gasteiger partial charge < -0.3 is 15.0 Å². The molecule has 0 unspecified atom stereocenters. The molecule has 1 amide bonds. The van der Waals surface area contributed by atoms with E-state index < -0.39 is 0 Å². The van der Waals surface area contributed by atoms with Gasteiger partial charge in [0.25, 0.3) is 0 Å².